The fourth-order valence-electron chi connectivity index (χ4n) is 3.18. The molecule has 2 atom stereocenters. The van der Waals surface area contributed by atoms with E-state index in [0.717, 1.165) is 0 Å². The van der Waals surface area contributed by atoms with Crippen molar-refractivity contribution in [3.8, 4) is 0 Å². The summed E-state index contributed by atoms with van der Waals surface area (Å²) in [6, 6.07) is 5.04. The second-order valence-corrected chi connectivity index (χ2v) is 8.41. The van der Waals surface area contributed by atoms with Crippen LogP contribution in [0.15, 0.2) is 29.4 Å². The van der Waals surface area contributed by atoms with Gasteiger partial charge < -0.3 is 5.11 Å². The van der Waals surface area contributed by atoms with Gasteiger partial charge in [-0.15, -0.1) is 5.10 Å². The SMILES string of the molecule is O=S(=O)(c1nc2n(n1)[C@H](c1cccc(F)c1)C[C@@H]2F)C1(O)CCC1. The highest BCUT2D eigenvalue weighted by Gasteiger charge is 2.51. The number of hydrogen-bond donors (Lipinski definition) is 1. The average Bonchev–Trinajstić information content (AvgIpc) is 3.06. The van der Waals surface area contributed by atoms with Crippen molar-refractivity contribution in [3.63, 3.8) is 0 Å². The smallest absolute Gasteiger partial charge is 0.270 e. The van der Waals surface area contributed by atoms with Crippen LogP contribution in [-0.2, 0) is 9.84 Å². The lowest BCUT2D eigenvalue weighted by molar-refractivity contribution is 0.0464. The minimum atomic E-state index is -4.15. The van der Waals surface area contributed by atoms with Gasteiger partial charge >= 0.3 is 0 Å². The number of aliphatic hydroxyl groups is 1. The van der Waals surface area contributed by atoms with E-state index in [2.05, 4.69) is 10.1 Å². The lowest BCUT2D eigenvalue weighted by Gasteiger charge is -2.34. The molecule has 128 valence electrons. The van der Waals surface area contributed by atoms with Gasteiger partial charge in [0.15, 0.2) is 16.9 Å². The highest BCUT2D eigenvalue weighted by Crippen LogP contribution is 2.43. The number of halogens is 2. The maximum absolute atomic E-state index is 14.3. The third kappa shape index (κ3) is 2.11. The molecule has 1 fully saturated rings. The summed E-state index contributed by atoms with van der Waals surface area (Å²) in [4.78, 5) is 1.96. The molecule has 0 unspecified atom stereocenters. The summed E-state index contributed by atoms with van der Waals surface area (Å²) in [7, 11) is -4.15. The molecule has 0 amide bonds. The summed E-state index contributed by atoms with van der Waals surface area (Å²) in [6.45, 7) is 0. The van der Waals surface area contributed by atoms with E-state index in [-0.39, 0.29) is 25.1 Å². The number of aromatic nitrogens is 3. The number of alkyl halides is 1. The molecule has 1 aliphatic heterocycles. The Morgan fingerprint density at radius 2 is 2.08 bits per heavy atom. The van der Waals surface area contributed by atoms with Gasteiger partial charge in [-0.3, -0.25) is 0 Å². The first kappa shape index (κ1) is 15.6. The van der Waals surface area contributed by atoms with Crippen LogP contribution in [0.2, 0.25) is 0 Å². The van der Waals surface area contributed by atoms with Gasteiger partial charge in [-0.1, -0.05) is 12.1 Å². The summed E-state index contributed by atoms with van der Waals surface area (Å²) in [5.41, 5.74) is 0.493. The quantitative estimate of drug-likeness (QED) is 0.911. The van der Waals surface area contributed by atoms with Crippen LogP contribution >= 0.6 is 0 Å². The van der Waals surface area contributed by atoms with Crippen LogP contribution < -0.4 is 0 Å². The zero-order valence-electron chi connectivity index (χ0n) is 12.6. The Balaban J connectivity index is 1.77. The van der Waals surface area contributed by atoms with Gasteiger partial charge in [-0.2, -0.15) is 4.98 Å². The van der Waals surface area contributed by atoms with Crippen molar-refractivity contribution in [2.24, 2.45) is 0 Å². The molecule has 9 heteroatoms. The standard InChI is InChI=1S/C15H15F2N3O3S/c16-10-4-1-3-9(7-10)12-8-11(17)13-18-14(19-20(12)13)24(22,23)15(21)5-2-6-15/h1,3-4,7,11-12,21H,2,5-6,8H2/t11-,12-/m0/s1. The van der Waals surface area contributed by atoms with Gasteiger partial charge in [0.2, 0.25) is 9.84 Å². The maximum Gasteiger partial charge on any atom is 0.270 e. The van der Waals surface area contributed by atoms with Crippen LogP contribution in [-0.4, -0.2) is 33.2 Å². The zero-order chi connectivity index (χ0) is 17.1. The van der Waals surface area contributed by atoms with Crippen LogP contribution in [0.1, 0.15) is 49.3 Å². The first-order valence-corrected chi connectivity index (χ1v) is 9.13. The number of hydrogen-bond acceptors (Lipinski definition) is 5. The minimum Gasteiger partial charge on any atom is -0.374 e. The Morgan fingerprint density at radius 3 is 2.71 bits per heavy atom. The van der Waals surface area contributed by atoms with Crippen molar-refractivity contribution in [1.29, 1.82) is 0 Å². The van der Waals surface area contributed by atoms with Gasteiger partial charge in [0.25, 0.3) is 5.16 Å². The summed E-state index contributed by atoms with van der Waals surface area (Å²) in [6.07, 6.45) is -0.646. The molecule has 2 aliphatic rings. The summed E-state index contributed by atoms with van der Waals surface area (Å²) < 4.78 is 53.8. The molecule has 1 aromatic carbocycles. The molecular weight excluding hydrogens is 340 g/mol. The van der Waals surface area contributed by atoms with Crippen molar-refractivity contribution in [2.45, 2.75) is 48.0 Å². The van der Waals surface area contributed by atoms with E-state index in [1.54, 1.807) is 6.07 Å². The van der Waals surface area contributed by atoms with E-state index >= 15 is 0 Å². The lowest BCUT2D eigenvalue weighted by Crippen LogP contribution is -2.45. The third-order valence-corrected chi connectivity index (χ3v) is 6.81. The largest absolute Gasteiger partial charge is 0.374 e. The fraction of sp³-hybridized carbons (Fsp3) is 0.467. The summed E-state index contributed by atoms with van der Waals surface area (Å²) >= 11 is 0. The number of nitrogens with zero attached hydrogens (tertiary/aromatic N) is 3. The summed E-state index contributed by atoms with van der Waals surface area (Å²) in [5.74, 6) is -0.571. The normalized spacial score (nSPS) is 25.3. The third-order valence-electron chi connectivity index (χ3n) is 4.75. The minimum absolute atomic E-state index is 0.0172. The molecule has 1 N–H and O–H groups in total. The molecule has 4 rings (SSSR count). The Hall–Kier alpha value is -1.87. The van der Waals surface area contributed by atoms with Crippen LogP contribution in [0, 0.1) is 5.82 Å². The van der Waals surface area contributed by atoms with E-state index in [4.69, 9.17) is 0 Å². The zero-order valence-corrected chi connectivity index (χ0v) is 13.4. The predicted octanol–water partition coefficient (Wildman–Crippen LogP) is 2.07. The molecule has 24 heavy (non-hydrogen) atoms. The molecule has 1 saturated carbocycles. The van der Waals surface area contributed by atoms with E-state index < -0.39 is 38.0 Å². The second-order valence-electron chi connectivity index (χ2n) is 6.27. The van der Waals surface area contributed by atoms with Crippen LogP contribution in [0.25, 0.3) is 0 Å². The van der Waals surface area contributed by atoms with E-state index in [0.29, 0.717) is 12.0 Å². The van der Waals surface area contributed by atoms with E-state index in [1.165, 1.54) is 22.9 Å². The van der Waals surface area contributed by atoms with Gasteiger partial charge in [0.1, 0.15) is 5.82 Å². The Morgan fingerprint density at radius 1 is 1.33 bits per heavy atom. The molecule has 0 saturated heterocycles. The maximum atomic E-state index is 14.3. The lowest BCUT2D eigenvalue weighted by atomic mass is 9.96. The van der Waals surface area contributed by atoms with Gasteiger partial charge in [-0.25, -0.2) is 21.9 Å². The van der Waals surface area contributed by atoms with Gasteiger partial charge in [0, 0.05) is 6.42 Å². The average molecular weight is 355 g/mol. The summed E-state index contributed by atoms with van der Waals surface area (Å²) in [5, 5.41) is 13.5. The van der Waals surface area contributed by atoms with Crippen LogP contribution in [0.3, 0.4) is 0 Å². The highest BCUT2D eigenvalue weighted by molar-refractivity contribution is 7.92. The van der Waals surface area contributed by atoms with E-state index in [9.17, 15) is 22.3 Å². The van der Waals surface area contributed by atoms with E-state index in [1.807, 2.05) is 0 Å². The van der Waals surface area contributed by atoms with Crippen molar-refractivity contribution in [1.82, 2.24) is 14.8 Å². The molecular formula is C15H15F2N3O3S. The fourth-order valence-corrected chi connectivity index (χ4v) is 4.76. The Bertz CT molecular complexity index is 908. The topological polar surface area (TPSA) is 85.1 Å². The van der Waals surface area contributed by atoms with Gasteiger partial charge in [-0.05, 0) is 37.0 Å². The first-order chi connectivity index (χ1) is 11.3. The monoisotopic (exact) mass is 355 g/mol. The number of benzene rings is 1. The van der Waals surface area contributed by atoms with Crippen molar-refractivity contribution in [2.75, 3.05) is 0 Å². The van der Waals surface area contributed by atoms with Crippen molar-refractivity contribution >= 4 is 9.84 Å². The number of sulfone groups is 1. The number of rotatable bonds is 3. The van der Waals surface area contributed by atoms with Crippen molar-refractivity contribution < 1.29 is 22.3 Å². The molecule has 0 spiro atoms. The van der Waals surface area contributed by atoms with Crippen LogP contribution in [0.5, 0.6) is 0 Å². The number of fused-ring (bicyclic) bond motifs is 1. The first-order valence-electron chi connectivity index (χ1n) is 7.65. The molecule has 1 aromatic heterocycles. The predicted molar refractivity (Wildman–Crippen MR) is 79.0 cm³/mol. The molecule has 0 bridgehead atoms. The molecule has 2 heterocycles. The Kier molecular flexibility index (Phi) is 3.30. The molecule has 1 aliphatic carbocycles. The second kappa shape index (κ2) is 5.06. The van der Waals surface area contributed by atoms with Crippen molar-refractivity contribution in [3.05, 3.63) is 41.5 Å². The van der Waals surface area contributed by atoms with Crippen LogP contribution in [0.4, 0.5) is 8.78 Å². The van der Waals surface area contributed by atoms with Gasteiger partial charge in [0.05, 0.1) is 6.04 Å². The molecule has 2 aromatic rings. The highest BCUT2D eigenvalue weighted by atomic mass is 32.2. The molecule has 6 nitrogen and oxygen atoms in total. The molecule has 0 radical (unpaired) electrons. The Labute approximate surface area is 137 Å².